The van der Waals surface area contributed by atoms with Gasteiger partial charge in [0.05, 0.1) is 22.1 Å². The van der Waals surface area contributed by atoms with Crippen LogP contribution in [0, 0.1) is 10.1 Å². The molecule has 2 rings (SSSR count). The van der Waals surface area contributed by atoms with Crippen LogP contribution >= 0.6 is 11.6 Å². The molecule has 0 unspecified atom stereocenters. The van der Waals surface area contributed by atoms with E-state index in [-0.39, 0.29) is 22.2 Å². The Labute approximate surface area is 150 Å². The highest BCUT2D eigenvalue weighted by molar-refractivity contribution is 6.34. The van der Waals surface area contributed by atoms with Gasteiger partial charge in [0.2, 0.25) is 0 Å². The second-order valence-corrected chi connectivity index (χ2v) is 5.76. The molecule has 0 aromatic heterocycles. The van der Waals surface area contributed by atoms with Crippen LogP contribution in [0.15, 0.2) is 42.5 Å². The fourth-order valence-electron chi connectivity index (χ4n) is 2.31. The summed E-state index contributed by atoms with van der Waals surface area (Å²) in [6, 6.07) is 11.7. The summed E-state index contributed by atoms with van der Waals surface area (Å²) < 4.78 is 5.39. The molecule has 0 saturated heterocycles. The van der Waals surface area contributed by atoms with Gasteiger partial charge >= 0.3 is 0 Å². The molecule has 0 aliphatic carbocycles. The Kier molecular flexibility index (Phi) is 6.77. The van der Waals surface area contributed by atoms with Crippen molar-refractivity contribution in [2.75, 3.05) is 13.2 Å². The summed E-state index contributed by atoms with van der Waals surface area (Å²) in [5, 5.41) is 13.5. The number of nitro benzene ring substituents is 1. The van der Waals surface area contributed by atoms with Crippen molar-refractivity contribution in [3.8, 4) is 5.75 Å². The molecule has 0 radical (unpaired) electrons. The topological polar surface area (TPSA) is 81.5 Å². The third kappa shape index (κ3) is 5.46. The smallest absolute Gasteiger partial charge is 0.270 e. The monoisotopic (exact) mass is 362 g/mol. The molecular formula is C18H19ClN2O4. The van der Waals surface area contributed by atoms with Gasteiger partial charge in [-0.15, -0.1) is 0 Å². The van der Waals surface area contributed by atoms with Gasteiger partial charge in [0.25, 0.3) is 11.6 Å². The average Bonchev–Trinajstić information content (AvgIpc) is 2.60. The molecule has 0 spiro atoms. The molecule has 2 aromatic rings. The van der Waals surface area contributed by atoms with Crippen molar-refractivity contribution in [2.24, 2.45) is 0 Å². The number of carbonyl (C=O) groups excluding carboxylic acids is 1. The van der Waals surface area contributed by atoms with E-state index >= 15 is 0 Å². The predicted octanol–water partition coefficient (Wildman–Crippen LogP) is 4.01. The van der Waals surface area contributed by atoms with E-state index in [1.165, 1.54) is 18.2 Å². The summed E-state index contributed by atoms with van der Waals surface area (Å²) in [6.07, 6.45) is 1.59. The molecule has 0 aliphatic heterocycles. The number of hydrogen-bond acceptors (Lipinski definition) is 4. The van der Waals surface area contributed by atoms with Crippen LogP contribution in [-0.2, 0) is 6.42 Å². The largest absolute Gasteiger partial charge is 0.494 e. The van der Waals surface area contributed by atoms with E-state index in [9.17, 15) is 14.9 Å². The van der Waals surface area contributed by atoms with Gasteiger partial charge in [-0.2, -0.15) is 0 Å². The van der Waals surface area contributed by atoms with Gasteiger partial charge in [-0.1, -0.05) is 23.7 Å². The van der Waals surface area contributed by atoms with Crippen LogP contribution in [0.5, 0.6) is 5.75 Å². The van der Waals surface area contributed by atoms with Crippen molar-refractivity contribution in [1.82, 2.24) is 5.32 Å². The number of carbonyl (C=O) groups is 1. The maximum Gasteiger partial charge on any atom is 0.270 e. The molecule has 0 atom stereocenters. The first-order valence-corrected chi connectivity index (χ1v) is 8.33. The Bertz CT molecular complexity index is 747. The van der Waals surface area contributed by atoms with Crippen molar-refractivity contribution < 1.29 is 14.5 Å². The van der Waals surface area contributed by atoms with E-state index in [1.807, 2.05) is 31.2 Å². The number of ether oxygens (including phenoxy) is 1. The quantitative estimate of drug-likeness (QED) is 0.437. The first kappa shape index (κ1) is 18.7. The first-order valence-electron chi connectivity index (χ1n) is 7.95. The molecule has 7 heteroatoms. The second-order valence-electron chi connectivity index (χ2n) is 5.36. The molecule has 2 aromatic carbocycles. The zero-order valence-corrected chi connectivity index (χ0v) is 14.6. The molecule has 1 amide bonds. The minimum atomic E-state index is -0.551. The van der Waals surface area contributed by atoms with E-state index in [0.29, 0.717) is 13.2 Å². The Morgan fingerprint density at radius 2 is 1.96 bits per heavy atom. The van der Waals surface area contributed by atoms with Gasteiger partial charge in [0.15, 0.2) is 0 Å². The van der Waals surface area contributed by atoms with Crippen LogP contribution in [-0.4, -0.2) is 24.0 Å². The van der Waals surface area contributed by atoms with Gasteiger partial charge in [0, 0.05) is 18.7 Å². The van der Waals surface area contributed by atoms with Gasteiger partial charge in [-0.25, -0.2) is 0 Å². The summed E-state index contributed by atoms with van der Waals surface area (Å²) in [6.45, 7) is 3.06. The number of non-ortho nitro benzene ring substituents is 1. The molecule has 25 heavy (non-hydrogen) atoms. The van der Waals surface area contributed by atoms with E-state index in [0.717, 1.165) is 24.2 Å². The SMILES string of the molecule is CCOc1ccc(CCCNC(=O)c2ccc([N+](=O)[O-])cc2Cl)cc1. The Morgan fingerprint density at radius 1 is 1.24 bits per heavy atom. The van der Waals surface area contributed by atoms with Gasteiger partial charge in [-0.3, -0.25) is 14.9 Å². The maximum absolute atomic E-state index is 12.1. The van der Waals surface area contributed by atoms with Crippen LogP contribution < -0.4 is 10.1 Å². The zero-order chi connectivity index (χ0) is 18.2. The molecule has 132 valence electrons. The number of hydrogen-bond donors (Lipinski definition) is 1. The lowest BCUT2D eigenvalue weighted by molar-refractivity contribution is -0.384. The third-order valence-corrected chi connectivity index (χ3v) is 3.88. The van der Waals surface area contributed by atoms with E-state index in [4.69, 9.17) is 16.3 Å². The van der Waals surface area contributed by atoms with Crippen molar-refractivity contribution in [1.29, 1.82) is 0 Å². The summed E-state index contributed by atoms with van der Waals surface area (Å²) in [7, 11) is 0. The normalized spacial score (nSPS) is 10.3. The molecule has 0 heterocycles. The number of halogens is 1. The number of nitrogens with zero attached hydrogens (tertiary/aromatic N) is 1. The highest BCUT2D eigenvalue weighted by Crippen LogP contribution is 2.22. The standard InChI is InChI=1S/C18H19ClN2O4/c1-2-25-15-8-5-13(6-9-15)4-3-11-20-18(22)16-10-7-14(21(23)24)12-17(16)19/h5-10,12H,2-4,11H2,1H3,(H,20,22). The van der Waals surface area contributed by atoms with E-state index in [2.05, 4.69) is 5.32 Å². The predicted molar refractivity (Wildman–Crippen MR) is 96.4 cm³/mol. The number of benzene rings is 2. The second kappa shape index (κ2) is 9.03. The van der Waals surface area contributed by atoms with Gasteiger partial charge in [0.1, 0.15) is 5.75 Å². The maximum atomic E-state index is 12.1. The van der Waals surface area contributed by atoms with Crippen LogP contribution in [0.4, 0.5) is 5.69 Å². The fraction of sp³-hybridized carbons (Fsp3) is 0.278. The van der Waals surface area contributed by atoms with Crippen molar-refractivity contribution in [2.45, 2.75) is 19.8 Å². The molecule has 0 aliphatic rings. The van der Waals surface area contributed by atoms with Crippen LogP contribution in [0.3, 0.4) is 0 Å². The molecular weight excluding hydrogens is 344 g/mol. The first-order chi connectivity index (χ1) is 12.0. The van der Waals surface area contributed by atoms with Crippen molar-refractivity contribution >= 4 is 23.2 Å². The molecule has 6 nitrogen and oxygen atoms in total. The zero-order valence-electron chi connectivity index (χ0n) is 13.8. The Balaban J connectivity index is 1.81. The van der Waals surface area contributed by atoms with E-state index in [1.54, 1.807) is 0 Å². The minimum Gasteiger partial charge on any atom is -0.494 e. The van der Waals surface area contributed by atoms with E-state index < -0.39 is 4.92 Å². The summed E-state index contributed by atoms with van der Waals surface area (Å²) in [4.78, 5) is 22.2. The Hall–Kier alpha value is -2.60. The van der Waals surface area contributed by atoms with Gasteiger partial charge in [-0.05, 0) is 43.5 Å². The van der Waals surface area contributed by atoms with Crippen LogP contribution in [0.1, 0.15) is 29.3 Å². The lowest BCUT2D eigenvalue weighted by atomic mass is 10.1. The lowest BCUT2D eigenvalue weighted by Crippen LogP contribution is -2.25. The molecule has 0 saturated carbocycles. The summed E-state index contributed by atoms with van der Waals surface area (Å²) >= 11 is 5.94. The number of rotatable bonds is 8. The number of aryl methyl sites for hydroxylation is 1. The molecule has 0 fully saturated rings. The number of nitro groups is 1. The summed E-state index contributed by atoms with van der Waals surface area (Å²) in [5.74, 6) is 0.499. The van der Waals surface area contributed by atoms with Crippen molar-refractivity contribution in [3.05, 3.63) is 68.7 Å². The van der Waals surface area contributed by atoms with Gasteiger partial charge < -0.3 is 10.1 Å². The third-order valence-electron chi connectivity index (χ3n) is 3.57. The highest BCUT2D eigenvalue weighted by Gasteiger charge is 2.14. The van der Waals surface area contributed by atoms with Crippen LogP contribution in [0.2, 0.25) is 5.02 Å². The fourth-order valence-corrected chi connectivity index (χ4v) is 2.57. The molecule has 0 bridgehead atoms. The highest BCUT2D eigenvalue weighted by atomic mass is 35.5. The number of nitrogens with one attached hydrogen (secondary N) is 1. The average molecular weight is 363 g/mol. The minimum absolute atomic E-state index is 0.0678. The van der Waals surface area contributed by atoms with Crippen LogP contribution in [0.25, 0.3) is 0 Å². The number of amides is 1. The summed E-state index contributed by atoms with van der Waals surface area (Å²) in [5.41, 5.74) is 1.25. The lowest BCUT2D eigenvalue weighted by Gasteiger charge is -2.08. The Morgan fingerprint density at radius 3 is 2.56 bits per heavy atom. The van der Waals surface area contributed by atoms with Crippen molar-refractivity contribution in [3.63, 3.8) is 0 Å². The molecule has 1 N–H and O–H groups in total.